The first kappa shape index (κ1) is 14.8. The molecule has 2 aromatic rings. The van der Waals surface area contributed by atoms with Gasteiger partial charge in [-0.2, -0.15) is 0 Å². The van der Waals surface area contributed by atoms with Crippen molar-refractivity contribution in [3.8, 4) is 5.75 Å². The first-order valence-electron chi connectivity index (χ1n) is 6.13. The van der Waals surface area contributed by atoms with Gasteiger partial charge in [-0.15, -0.1) is 0 Å². The lowest BCUT2D eigenvalue weighted by molar-refractivity contribution is 0.102. The molecule has 0 unspecified atom stereocenters. The topological polar surface area (TPSA) is 64.3 Å². The Kier molecular flexibility index (Phi) is 4.07. The van der Waals surface area contributed by atoms with Gasteiger partial charge < -0.3 is 15.8 Å². The number of carbonyl (C=O) groups is 1. The zero-order valence-corrected chi connectivity index (χ0v) is 11.5. The Hall–Kier alpha value is -2.63. The first-order chi connectivity index (χ1) is 9.92. The molecule has 0 heterocycles. The van der Waals surface area contributed by atoms with Crippen molar-refractivity contribution in [3.05, 3.63) is 53.1 Å². The summed E-state index contributed by atoms with van der Waals surface area (Å²) in [6.45, 7) is 1.45. The van der Waals surface area contributed by atoms with Crippen LogP contribution < -0.4 is 15.8 Å². The van der Waals surface area contributed by atoms with Crippen molar-refractivity contribution in [1.29, 1.82) is 0 Å². The first-order valence-corrected chi connectivity index (χ1v) is 6.13. The van der Waals surface area contributed by atoms with E-state index >= 15 is 0 Å². The molecule has 0 aliphatic carbocycles. The molecule has 0 aliphatic rings. The number of benzene rings is 2. The number of rotatable bonds is 3. The summed E-state index contributed by atoms with van der Waals surface area (Å²) < 4.78 is 32.0. The number of nitrogens with one attached hydrogen (secondary N) is 1. The van der Waals surface area contributed by atoms with Crippen LogP contribution >= 0.6 is 0 Å². The number of halogens is 2. The van der Waals surface area contributed by atoms with E-state index in [4.69, 9.17) is 10.5 Å². The Bertz CT molecular complexity index is 702. The molecule has 0 saturated heterocycles. The van der Waals surface area contributed by atoms with Gasteiger partial charge >= 0.3 is 0 Å². The predicted molar refractivity (Wildman–Crippen MR) is 76.5 cm³/mol. The van der Waals surface area contributed by atoms with Crippen LogP contribution in [0, 0.1) is 18.6 Å². The fourth-order valence-electron chi connectivity index (χ4n) is 1.84. The summed E-state index contributed by atoms with van der Waals surface area (Å²) in [5.74, 6) is -1.96. The van der Waals surface area contributed by atoms with Gasteiger partial charge in [-0.1, -0.05) is 0 Å². The van der Waals surface area contributed by atoms with Crippen LogP contribution in [0.4, 0.5) is 20.2 Å². The van der Waals surface area contributed by atoms with Crippen molar-refractivity contribution in [1.82, 2.24) is 0 Å². The van der Waals surface area contributed by atoms with Crippen LogP contribution in [0.25, 0.3) is 0 Å². The molecular weight excluding hydrogens is 278 g/mol. The molecule has 6 heteroatoms. The molecule has 0 aromatic heterocycles. The zero-order chi connectivity index (χ0) is 15.6. The SMILES string of the molecule is COc1ccc(N)cc1NC(=O)c1cc(C)c(F)cc1F. The molecule has 0 spiro atoms. The van der Waals surface area contributed by atoms with Gasteiger partial charge in [0.15, 0.2) is 0 Å². The minimum Gasteiger partial charge on any atom is -0.495 e. The highest BCUT2D eigenvalue weighted by atomic mass is 19.1. The van der Waals surface area contributed by atoms with Crippen molar-refractivity contribution < 1.29 is 18.3 Å². The molecule has 2 rings (SSSR count). The van der Waals surface area contributed by atoms with E-state index in [1.807, 2.05) is 0 Å². The maximum Gasteiger partial charge on any atom is 0.258 e. The highest BCUT2D eigenvalue weighted by molar-refractivity contribution is 6.05. The summed E-state index contributed by atoms with van der Waals surface area (Å²) in [6, 6.07) is 6.51. The van der Waals surface area contributed by atoms with Crippen LogP contribution in [-0.4, -0.2) is 13.0 Å². The highest BCUT2D eigenvalue weighted by Gasteiger charge is 2.16. The molecule has 0 bridgehead atoms. The second-order valence-corrected chi connectivity index (χ2v) is 4.50. The Morgan fingerprint density at radius 2 is 1.90 bits per heavy atom. The van der Waals surface area contributed by atoms with Crippen LogP contribution in [0.5, 0.6) is 5.75 Å². The molecule has 21 heavy (non-hydrogen) atoms. The summed E-state index contributed by atoms with van der Waals surface area (Å²) in [5, 5.41) is 2.50. The van der Waals surface area contributed by atoms with Gasteiger partial charge in [0.25, 0.3) is 5.91 Å². The molecule has 110 valence electrons. The molecular formula is C15H14F2N2O2. The lowest BCUT2D eigenvalue weighted by Crippen LogP contribution is -2.15. The molecule has 0 atom stereocenters. The highest BCUT2D eigenvalue weighted by Crippen LogP contribution is 2.27. The van der Waals surface area contributed by atoms with Gasteiger partial charge in [0.1, 0.15) is 17.4 Å². The quantitative estimate of drug-likeness (QED) is 0.854. The number of carbonyl (C=O) groups excluding carboxylic acids is 1. The summed E-state index contributed by atoms with van der Waals surface area (Å²) in [5.41, 5.74) is 6.30. The van der Waals surface area contributed by atoms with Crippen molar-refractivity contribution in [2.75, 3.05) is 18.2 Å². The van der Waals surface area contributed by atoms with Crippen LogP contribution in [0.15, 0.2) is 30.3 Å². The zero-order valence-electron chi connectivity index (χ0n) is 11.5. The van der Waals surface area contributed by atoms with Gasteiger partial charge in [0, 0.05) is 11.8 Å². The number of aryl methyl sites for hydroxylation is 1. The Balaban J connectivity index is 2.34. The van der Waals surface area contributed by atoms with Gasteiger partial charge in [-0.3, -0.25) is 4.79 Å². The van der Waals surface area contributed by atoms with Crippen LogP contribution in [-0.2, 0) is 0 Å². The van der Waals surface area contributed by atoms with Gasteiger partial charge in [0.2, 0.25) is 0 Å². The standard InChI is InChI=1S/C15H14F2N2O2/c1-8-5-10(12(17)7-11(8)16)15(20)19-13-6-9(18)3-4-14(13)21-2/h3-7H,18H2,1-2H3,(H,19,20). The number of amides is 1. The molecule has 3 N–H and O–H groups in total. The maximum atomic E-state index is 13.7. The summed E-state index contributed by atoms with van der Waals surface area (Å²) >= 11 is 0. The van der Waals surface area contributed by atoms with E-state index in [1.165, 1.54) is 20.1 Å². The third kappa shape index (κ3) is 3.10. The number of ether oxygens (including phenoxy) is 1. The van der Waals surface area contributed by atoms with E-state index in [1.54, 1.807) is 12.1 Å². The molecule has 0 fully saturated rings. The van der Waals surface area contributed by atoms with Crippen molar-refractivity contribution >= 4 is 17.3 Å². The molecule has 0 radical (unpaired) electrons. The Morgan fingerprint density at radius 1 is 1.19 bits per heavy atom. The molecule has 2 aromatic carbocycles. The maximum absolute atomic E-state index is 13.7. The Labute approximate surface area is 120 Å². The summed E-state index contributed by atoms with van der Waals surface area (Å²) in [7, 11) is 1.43. The average molecular weight is 292 g/mol. The minimum absolute atomic E-state index is 0.182. The van der Waals surface area contributed by atoms with E-state index in [0.717, 1.165) is 6.07 Å². The number of methoxy groups -OCH3 is 1. The van der Waals surface area contributed by atoms with Crippen LogP contribution in [0.2, 0.25) is 0 Å². The normalized spacial score (nSPS) is 10.3. The Morgan fingerprint density at radius 3 is 2.57 bits per heavy atom. The van der Waals surface area contributed by atoms with Crippen molar-refractivity contribution in [3.63, 3.8) is 0 Å². The van der Waals surface area contributed by atoms with Crippen LogP contribution in [0.1, 0.15) is 15.9 Å². The predicted octanol–water partition coefficient (Wildman–Crippen LogP) is 3.12. The number of hydrogen-bond acceptors (Lipinski definition) is 3. The minimum atomic E-state index is -0.932. The van der Waals surface area contributed by atoms with E-state index < -0.39 is 17.5 Å². The fraction of sp³-hybridized carbons (Fsp3) is 0.133. The number of hydrogen-bond donors (Lipinski definition) is 2. The van der Waals surface area contributed by atoms with Crippen molar-refractivity contribution in [2.24, 2.45) is 0 Å². The molecule has 0 aliphatic heterocycles. The number of anilines is 2. The second-order valence-electron chi connectivity index (χ2n) is 4.50. The largest absolute Gasteiger partial charge is 0.495 e. The van der Waals surface area contributed by atoms with Gasteiger partial charge in [-0.05, 0) is 36.8 Å². The average Bonchev–Trinajstić information content (AvgIpc) is 2.43. The van der Waals surface area contributed by atoms with E-state index in [2.05, 4.69) is 5.32 Å². The van der Waals surface area contributed by atoms with Crippen molar-refractivity contribution in [2.45, 2.75) is 6.92 Å². The smallest absolute Gasteiger partial charge is 0.258 e. The molecule has 1 amide bonds. The third-order valence-corrected chi connectivity index (χ3v) is 2.96. The van der Waals surface area contributed by atoms with E-state index in [0.29, 0.717) is 23.2 Å². The number of nitrogens with two attached hydrogens (primary N) is 1. The lowest BCUT2D eigenvalue weighted by atomic mass is 10.1. The number of nitrogen functional groups attached to an aromatic ring is 1. The summed E-state index contributed by atoms with van der Waals surface area (Å²) in [6.07, 6.45) is 0. The summed E-state index contributed by atoms with van der Waals surface area (Å²) in [4.78, 5) is 12.1. The van der Waals surface area contributed by atoms with Gasteiger partial charge in [-0.25, -0.2) is 8.78 Å². The molecule has 4 nitrogen and oxygen atoms in total. The van der Waals surface area contributed by atoms with Gasteiger partial charge in [0.05, 0.1) is 18.4 Å². The second kappa shape index (κ2) is 5.78. The molecule has 0 saturated carbocycles. The van der Waals surface area contributed by atoms with E-state index in [9.17, 15) is 13.6 Å². The third-order valence-electron chi connectivity index (χ3n) is 2.96. The fourth-order valence-corrected chi connectivity index (χ4v) is 1.84. The lowest BCUT2D eigenvalue weighted by Gasteiger charge is -2.12. The monoisotopic (exact) mass is 292 g/mol. The van der Waals surface area contributed by atoms with E-state index in [-0.39, 0.29) is 11.1 Å². The van der Waals surface area contributed by atoms with Crippen LogP contribution in [0.3, 0.4) is 0 Å².